The largest absolute Gasteiger partial charge is 0.486 e. The number of nitrogens with one attached hydrogen (secondary N) is 1. The van der Waals surface area contributed by atoms with Gasteiger partial charge in [0.1, 0.15) is 18.8 Å². The molecule has 0 saturated heterocycles. The smallest absolute Gasteiger partial charge is 0.345 e. The second-order valence-corrected chi connectivity index (χ2v) is 5.97. The number of nitro groups is 1. The SMILES string of the molecule is COC(=O)c1cccc(NC(=O)COC(=O)c2cc3c(cc2[N+](=O)[O-])OCCO3)c1. The van der Waals surface area contributed by atoms with Gasteiger partial charge in [0.05, 0.1) is 23.7 Å². The first-order valence-corrected chi connectivity index (χ1v) is 8.62. The van der Waals surface area contributed by atoms with Gasteiger partial charge in [0.25, 0.3) is 11.6 Å². The molecule has 0 aliphatic carbocycles. The number of carbonyl (C=O) groups excluding carboxylic acids is 3. The minimum Gasteiger partial charge on any atom is -0.486 e. The number of esters is 2. The number of anilines is 1. The van der Waals surface area contributed by atoms with Crippen molar-refractivity contribution in [3.8, 4) is 11.5 Å². The number of nitro benzene ring substituents is 1. The van der Waals surface area contributed by atoms with Gasteiger partial charge < -0.3 is 24.3 Å². The van der Waals surface area contributed by atoms with Crippen LogP contribution in [0, 0.1) is 10.1 Å². The van der Waals surface area contributed by atoms with Crippen molar-refractivity contribution < 1.29 is 38.3 Å². The van der Waals surface area contributed by atoms with E-state index in [0.717, 1.165) is 12.1 Å². The first-order valence-electron chi connectivity index (χ1n) is 8.62. The Morgan fingerprint density at radius 3 is 2.47 bits per heavy atom. The third-order valence-corrected chi connectivity index (χ3v) is 3.98. The van der Waals surface area contributed by atoms with Crippen LogP contribution in [0.15, 0.2) is 36.4 Å². The Morgan fingerprint density at radius 1 is 1.10 bits per heavy atom. The minimum absolute atomic E-state index is 0.146. The Kier molecular flexibility index (Phi) is 6.11. The van der Waals surface area contributed by atoms with E-state index in [-0.39, 0.29) is 41.5 Å². The maximum absolute atomic E-state index is 12.3. The van der Waals surface area contributed by atoms with Crippen molar-refractivity contribution in [3.63, 3.8) is 0 Å². The highest BCUT2D eigenvalue weighted by Crippen LogP contribution is 2.36. The van der Waals surface area contributed by atoms with E-state index in [4.69, 9.17) is 14.2 Å². The van der Waals surface area contributed by atoms with Crippen molar-refractivity contribution in [1.82, 2.24) is 0 Å². The van der Waals surface area contributed by atoms with Gasteiger partial charge in [-0.3, -0.25) is 14.9 Å². The molecule has 0 radical (unpaired) electrons. The van der Waals surface area contributed by atoms with E-state index in [9.17, 15) is 24.5 Å². The number of carbonyl (C=O) groups is 3. The van der Waals surface area contributed by atoms with Crippen molar-refractivity contribution in [3.05, 3.63) is 57.6 Å². The molecule has 11 nitrogen and oxygen atoms in total. The first-order chi connectivity index (χ1) is 14.4. The molecule has 2 aromatic rings. The van der Waals surface area contributed by atoms with E-state index in [1.165, 1.54) is 31.4 Å². The third-order valence-electron chi connectivity index (χ3n) is 3.98. The molecule has 0 aromatic heterocycles. The molecule has 1 amide bonds. The number of fused-ring (bicyclic) bond motifs is 1. The zero-order chi connectivity index (χ0) is 21.7. The second-order valence-electron chi connectivity index (χ2n) is 5.97. The van der Waals surface area contributed by atoms with Crippen molar-refractivity contribution in [2.45, 2.75) is 0 Å². The highest BCUT2D eigenvalue weighted by Gasteiger charge is 2.27. The molecule has 1 aliphatic heterocycles. The summed E-state index contributed by atoms with van der Waals surface area (Å²) in [7, 11) is 1.23. The van der Waals surface area contributed by atoms with Crippen LogP contribution in [0.5, 0.6) is 11.5 Å². The van der Waals surface area contributed by atoms with Gasteiger partial charge >= 0.3 is 11.9 Å². The summed E-state index contributed by atoms with van der Waals surface area (Å²) in [6, 6.07) is 8.17. The number of methoxy groups -OCH3 is 1. The van der Waals surface area contributed by atoms with Crippen molar-refractivity contribution in [2.24, 2.45) is 0 Å². The number of hydrogen-bond acceptors (Lipinski definition) is 9. The molecule has 0 spiro atoms. The summed E-state index contributed by atoms with van der Waals surface area (Å²) >= 11 is 0. The number of rotatable bonds is 6. The molecule has 1 N–H and O–H groups in total. The predicted molar refractivity (Wildman–Crippen MR) is 101 cm³/mol. The quantitative estimate of drug-likeness (QED) is 0.424. The lowest BCUT2D eigenvalue weighted by atomic mass is 10.1. The zero-order valence-electron chi connectivity index (χ0n) is 15.7. The van der Waals surface area contributed by atoms with Crippen molar-refractivity contribution >= 4 is 29.2 Å². The minimum atomic E-state index is -1.07. The molecule has 30 heavy (non-hydrogen) atoms. The van der Waals surface area contributed by atoms with Crippen LogP contribution in [0.1, 0.15) is 20.7 Å². The fraction of sp³-hybridized carbons (Fsp3) is 0.211. The summed E-state index contributed by atoms with van der Waals surface area (Å²) in [5.74, 6) is -2.04. The predicted octanol–water partition coefficient (Wildman–Crippen LogP) is 1.95. The van der Waals surface area contributed by atoms with Crippen molar-refractivity contribution in [2.75, 3.05) is 32.2 Å². The van der Waals surface area contributed by atoms with Crippen LogP contribution in [-0.4, -0.2) is 49.7 Å². The number of amides is 1. The fourth-order valence-electron chi connectivity index (χ4n) is 2.64. The Labute approximate surface area is 169 Å². The molecule has 1 heterocycles. The van der Waals surface area contributed by atoms with Crippen LogP contribution >= 0.6 is 0 Å². The standard InChI is InChI=1S/C19H16N2O9/c1-27-18(23)11-3-2-4-12(7-11)20-17(22)10-30-19(24)13-8-15-16(29-6-5-28-15)9-14(13)21(25)26/h2-4,7-9H,5-6,10H2,1H3,(H,20,22). The normalized spacial score (nSPS) is 11.9. The van der Waals surface area contributed by atoms with Gasteiger partial charge in [-0.1, -0.05) is 6.07 Å². The van der Waals surface area contributed by atoms with Crippen LogP contribution in [0.4, 0.5) is 11.4 Å². The van der Waals surface area contributed by atoms with Gasteiger partial charge in [-0.2, -0.15) is 0 Å². The number of ether oxygens (including phenoxy) is 4. The summed E-state index contributed by atoms with van der Waals surface area (Å²) in [6.07, 6.45) is 0. The van der Waals surface area contributed by atoms with Gasteiger partial charge in [-0.15, -0.1) is 0 Å². The van der Waals surface area contributed by atoms with E-state index in [1.807, 2.05) is 0 Å². The molecule has 1 aliphatic rings. The van der Waals surface area contributed by atoms with Crippen LogP contribution in [-0.2, 0) is 14.3 Å². The third kappa shape index (κ3) is 4.63. The molecular weight excluding hydrogens is 400 g/mol. The molecule has 0 fully saturated rings. The monoisotopic (exact) mass is 416 g/mol. The lowest BCUT2D eigenvalue weighted by molar-refractivity contribution is -0.385. The molecular formula is C19H16N2O9. The zero-order valence-corrected chi connectivity index (χ0v) is 15.7. The lowest BCUT2D eigenvalue weighted by Crippen LogP contribution is -2.22. The van der Waals surface area contributed by atoms with Crippen LogP contribution in [0.3, 0.4) is 0 Å². The molecule has 156 valence electrons. The number of hydrogen-bond donors (Lipinski definition) is 1. The Morgan fingerprint density at radius 2 is 1.80 bits per heavy atom. The van der Waals surface area contributed by atoms with Crippen LogP contribution < -0.4 is 14.8 Å². The van der Waals surface area contributed by atoms with Crippen molar-refractivity contribution in [1.29, 1.82) is 0 Å². The summed E-state index contributed by atoms with van der Waals surface area (Å²) < 4.78 is 20.1. The van der Waals surface area contributed by atoms with Gasteiger partial charge in [0, 0.05) is 11.8 Å². The Balaban J connectivity index is 1.67. The highest BCUT2D eigenvalue weighted by molar-refractivity contribution is 5.99. The van der Waals surface area contributed by atoms with Crippen LogP contribution in [0.25, 0.3) is 0 Å². The first kappa shape index (κ1) is 20.6. The lowest BCUT2D eigenvalue weighted by Gasteiger charge is -2.18. The fourth-order valence-corrected chi connectivity index (χ4v) is 2.64. The Bertz CT molecular complexity index is 1020. The number of nitrogens with zero attached hydrogens (tertiary/aromatic N) is 1. The van der Waals surface area contributed by atoms with E-state index in [1.54, 1.807) is 0 Å². The summed E-state index contributed by atoms with van der Waals surface area (Å²) in [5.41, 5.74) is -0.399. The van der Waals surface area contributed by atoms with Gasteiger partial charge in [-0.25, -0.2) is 9.59 Å². The van der Waals surface area contributed by atoms with Crippen LogP contribution in [0.2, 0.25) is 0 Å². The van der Waals surface area contributed by atoms with E-state index >= 15 is 0 Å². The van der Waals surface area contributed by atoms with Gasteiger partial charge in [-0.05, 0) is 18.2 Å². The molecule has 11 heteroatoms. The summed E-state index contributed by atoms with van der Waals surface area (Å²) in [6.45, 7) is -0.246. The molecule has 3 rings (SSSR count). The molecule has 0 saturated carbocycles. The molecule has 0 unspecified atom stereocenters. The Hall–Kier alpha value is -4.15. The summed E-state index contributed by atoms with van der Waals surface area (Å²) in [4.78, 5) is 46.5. The topological polar surface area (TPSA) is 143 Å². The second kappa shape index (κ2) is 8.90. The van der Waals surface area contributed by atoms with Gasteiger partial charge in [0.2, 0.25) is 0 Å². The molecule has 2 aromatic carbocycles. The van der Waals surface area contributed by atoms with Gasteiger partial charge in [0.15, 0.2) is 18.1 Å². The maximum atomic E-state index is 12.3. The van der Waals surface area contributed by atoms with E-state index < -0.39 is 35.1 Å². The average Bonchev–Trinajstić information content (AvgIpc) is 2.76. The maximum Gasteiger partial charge on any atom is 0.345 e. The molecule has 0 bridgehead atoms. The highest BCUT2D eigenvalue weighted by atomic mass is 16.6. The number of benzene rings is 2. The molecule has 0 atom stereocenters. The summed E-state index contributed by atoms with van der Waals surface area (Å²) in [5, 5.41) is 13.7. The van der Waals surface area contributed by atoms with E-state index in [2.05, 4.69) is 10.1 Å². The average molecular weight is 416 g/mol. The van der Waals surface area contributed by atoms with E-state index in [0.29, 0.717) is 0 Å².